The minimum absolute atomic E-state index is 0.0382. The van der Waals surface area contributed by atoms with Crippen LogP contribution in [0.15, 0.2) is 72.9 Å². The van der Waals surface area contributed by atoms with E-state index in [0.717, 1.165) is 16.8 Å². The Morgan fingerprint density at radius 2 is 1.75 bits per heavy atom. The van der Waals surface area contributed by atoms with Gasteiger partial charge in [0.2, 0.25) is 0 Å². The predicted molar refractivity (Wildman–Crippen MR) is 95.0 cm³/mol. The number of aryl methyl sites for hydroxylation is 1. The van der Waals surface area contributed by atoms with Crippen LogP contribution in [-0.2, 0) is 4.79 Å². The summed E-state index contributed by atoms with van der Waals surface area (Å²) in [7, 11) is 0. The number of pyridine rings is 1. The van der Waals surface area contributed by atoms with E-state index >= 15 is 0 Å². The summed E-state index contributed by atoms with van der Waals surface area (Å²) < 4.78 is 5.46. The van der Waals surface area contributed by atoms with Gasteiger partial charge in [-0.3, -0.25) is 9.78 Å². The van der Waals surface area contributed by atoms with Gasteiger partial charge in [-0.25, -0.2) is 0 Å². The van der Waals surface area contributed by atoms with Crippen molar-refractivity contribution in [2.75, 3.05) is 11.9 Å². The molecule has 0 aliphatic heterocycles. The maximum atomic E-state index is 11.9. The van der Waals surface area contributed by atoms with Gasteiger partial charge >= 0.3 is 0 Å². The zero-order chi connectivity index (χ0) is 16.8. The van der Waals surface area contributed by atoms with E-state index in [-0.39, 0.29) is 12.5 Å². The lowest BCUT2D eigenvalue weighted by Crippen LogP contribution is -2.20. The maximum absolute atomic E-state index is 11.9. The molecule has 4 heteroatoms. The number of hydrogen-bond donors (Lipinski definition) is 1. The first-order chi connectivity index (χ1) is 11.7. The smallest absolute Gasteiger partial charge is 0.262 e. The molecule has 0 aliphatic rings. The molecule has 1 N–H and O–H groups in total. The van der Waals surface area contributed by atoms with Crippen molar-refractivity contribution in [1.29, 1.82) is 0 Å². The van der Waals surface area contributed by atoms with Crippen molar-refractivity contribution < 1.29 is 9.53 Å². The molecule has 24 heavy (non-hydrogen) atoms. The van der Waals surface area contributed by atoms with Crippen molar-refractivity contribution in [3.8, 4) is 17.0 Å². The van der Waals surface area contributed by atoms with Gasteiger partial charge in [0.1, 0.15) is 5.75 Å². The average Bonchev–Trinajstić information content (AvgIpc) is 2.63. The van der Waals surface area contributed by atoms with Crippen molar-refractivity contribution in [2.45, 2.75) is 6.92 Å². The highest BCUT2D eigenvalue weighted by atomic mass is 16.5. The number of benzene rings is 2. The summed E-state index contributed by atoms with van der Waals surface area (Å²) in [6.45, 7) is 1.96. The van der Waals surface area contributed by atoms with Crippen LogP contribution in [0.1, 0.15) is 5.56 Å². The van der Waals surface area contributed by atoms with Crippen LogP contribution in [0.2, 0.25) is 0 Å². The number of nitrogens with zero attached hydrogens (tertiary/aromatic N) is 1. The number of carbonyl (C=O) groups excluding carboxylic acids is 1. The van der Waals surface area contributed by atoms with Gasteiger partial charge in [0, 0.05) is 5.56 Å². The minimum atomic E-state index is -0.218. The molecule has 3 aromatic rings. The fourth-order valence-corrected chi connectivity index (χ4v) is 2.23. The fraction of sp³-hybridized carbons (Fsp3) is 0.100. The molecular formula is C20H18N2O2. The van der Waals surface area contributed by atoms with E-state index in [0.29, 0.717) is 11.4 Å². The molecule has 0 aliphatic carbocycles. The molecule has 0 atom stereocenters. The molecule has 3 rings (SSSR count). The van der Waals surface area contributed by atoms with Crippen molar-refractivity contribution in [3.05, 3.63) is 78.5 Å². The highest BCUT2D eigenvalue weighted by Gasteiger charge is 2.05. The van der Waals surface area contributed by atoms with Crippen LogP contribution in [0.3, 0.4) is 0 Å². The molecule has 0 saturated heterocycles. The highest BCUT2D eigenvalue weighted by Crippen LogP contribution is 2.18. The van der Waals surface area contributed by atoms with E-state index in [9.17, 15) is 4.79 Å². The molecule has 0 radical (unpaired) electrons. The minimum Gasteiger partial charge on any atom is -0.484 e. The molecule has 0 saturated carbocycles. The van der Waals surface area contributed by atoms with Crippen molar-refractivity contribution in [2.24, 2.45) is 0 Å². The summed E-state index contributed by atoms with van der Waals surface area (Å²) in [6, 6.07) is 21.2. The third kappa shape index (κ3) is 4.20. The van der Waals surface area contributed by atoms with Gasteiger partial charge < -0.3 is 10.1 Å². The standard InChI is InChI=1S/C20H18N2O2/c1-15-7-10-18(11-8-15)24-14-20(23)22-17-9-12-19(21-13-17)16-5-3-2-4-6-16/h2-13H,14H2,1H3,(H,22,23). The second-order valence-corrected chi connectivity index (χ2v) is 5.45. The van der Waals surface area contributed by atoms with Gasteiger partial charge in [-0.05, 0) is 31.2 Å². The second-order valence-electron chi connectivity index (χ2n) is 5.45. The van der Waals surface area contributed by atoms with Crippen LogP contribution in [0.5, 0.6) is 5.75 Å². The number of amides is 1. The number of aromatic nitrogens is 1. The Labute approximate surface area is 141 Å². The highest BCUT2D eigenvalue weighted by molar-refractivity contribution is 5.91. The molecule has 0 unspecified atom stereocenters. The SMILES string of the molecule is Cc1ccc(OCC(=O)Nc2ccc(-c3ccccc3)nc2)cc1. The first-order valence-electron chi connectivity index (χ1n) is 7.71. The van der Waals surface area contributed by atoms with E-state index < -0.39 is 0 Å². The number of anilines is 1. The Balaban J connectivity index is 1.55. The third-order valence-corrected chi connectivity index (χ3v) is 3.51. The van der Waals surface area contributed by atoms with Gasteiger partial charge in [0.15, 0.2) is 6.61 Å². The van der Waals surface area contributed by atoms with Crippen LogP contribution >= 0.6 is 0 Å². The number of ether oxygens (including phenoxy) is 1. The van der Waals surface area contributed by atoms with Crippen LogP contribution < -0.4 is 10.1 Å². The third-order valence-electron chi connectivity index (χ3n) is 3.51. The normalized spacial score (nSPS) is 10.2. The lowest BCUT2D eigenvalue weighted by Gasteiger charge is -2.08. The summed E-state index contributed by atoms with van der Waals surface area (Å²) in [5.41, 5.74) is 3.70. The predicted octanol–water partition coefficient (Wildman–Crippen LogP) is 4.07. The molecule has 4 nitrogen and oxygen atoms in total. The number of carbonyl (C=O) groups is 1. The van der Waals surface area contributed by atoms with Crippen molar-refractivity contribution >= 4 is 11.6 Å². The molecule has 120 valence electrons. The molecule has 1 heterocycles. The van der Waals surface area contributed by atoms with E-state index in [1.807, 2.05) is 73.7 Å². The van der Waals surface area contributed by atoms with Crippen LogP contribution in [-0.4, -0.2) is 17.5 Å². The zero-order valence-electron chi connectivity index (χ0n) is 13.4. The Kier molecular flexibility index (Phi) is 4.87. The average molecular weight is 318 g/mol. The van der Waals surface area contributed by atoms with Gasteiger partial charge in [-0.15, -0.1) is 0 Å². The number of hydrogen-bond acceptors (Lipinski definition) is 3. The number of nitrogens with one attached hydrogen (secondary N) is 1. The fourth-order valence-electron chi connectivity index (χ4n) is 2.23. The van der Waals surface area contributed by atoms with E-state index in [1.54, 1.807) is 6.20 Å². The maximum Gasteiger partial charge on any atom is 0.262 e. The molecular weight excluding hydrogens is 300 g/mol. The Morgan fingerprint density at radius 1 is 1.00 bits per heavy atom. The summed E-state index contributed by atoms with van der Waals surface area (Å²) in [4.78, 5) is 16.3. The molecule has 1 amide bonds. The van der Waals surface area contributed by atoms with Gasteiger partial charge in [0.25, 0.3) is 5.91 Å². The van der Waals surface area contributed by atoms with Gasteiger partial charge in [0.05, 0.1) is 17.6 Å². The summed E-state index contributed by atoms with van der Waals surface area (Å²) in [5, 5.41) is 2.78. The second kappa shape index (κ2) is 7.42. The summed E-state index contributed by atoms with van der Waals surface area (Å²) >= 11 is 0. The zero-order valence-corrected chi connectivity index (χ0v) is 13.4. The molecule has 0 bridgehead atoms. The topological polar surface area (TPSA) is 51.2 Å². The van der Waals surface area contributed by atoms with Crippen LogP contribution in [0.4, 0.5) is 5.69 Å². The molecule has 2 aromatic carbocycles. The Morgan fingerprint density at radius 3 is 2.42 bits per heavy atom. The first-order valence-corrected chi connectivity index (χ1v) is 7.71. The van der Waals surface area contributed by atoms with Gasteiger partial charge in [-0.1, -0.05) is 48.0 Å². The van der Waals surface area contributed by atoms with E-state index in [4.69, 9.17) is 4.74 Å². The Bertz CT molecular complexity index is 797. The summed E-state index contributed by atoms with van der Waals surface area (Å²) in [6.07, 6.45) is 1.64. The van der Waals surface area contributed by atoms with E-state index in [1.165, 1.54) is 0 Å². The van der Waals surface area contributed by atoms with Crippen molar-refractivity contribution in [1.82, 2.24) is 4.98 Å². The summed E-state index contributed by atoms with van der Waals surface area (Å²) in [5.74, 6) is 0.457. The quantitative estimate of drug-likeness (QED) is 0.771. The lowest BCUT2D eigenvalue weighted by atomic mass is 10.1. The molecule has 1 aromatic heterocycles. The monoisotopic (exact) mass is 318 g/mol. The Hall–Kier alpha value is -3.14. The van der Waals surface area contributed by atoms with Crippen molar-refractivity contribution in [3.63, 3.8) is 0 Å². The largest absolute Gasteiger partial charge is 0.484 e. The number of rotatable bonds is 5. The first kappa shape index (κ1) is 15.7. The molecule has 0 fully saturated rings. The van der Waals surface area contributed by atoms with Crippen LogP contribution in [0, 0.1) is 6.92 Å². The lowest BCUT2D eigenvalue weighted by molar-refractivity contribution is -0.118. The van der Waals surface area contributed by atoms with Gasteiger partial charge in [-0.2, -0.15) is 0 Å². The van der Waals surface area contributed by atoms with E-state index in [2.05, 4.69) is 10.3 Å². The van der Waals surface area contributed by atoms with Crippen LogP contribution in [0.25, 0.3) is 11.3 Å². The molecule has 0 spiro atoms.